The van der Waals surface area contributed by atoms with Crippen LogP contribution in [0.1, 0.15) is 26.2 Å². The highest BCUT2D eigenvalue weighted by molar-refractivity contribution is 5.91. The first-order valence-electron chi connectivity index (χ1n) is 6.42. The summed E-state index contributed by atoms with van der Waals surface area (Å²) in [5, 5.41) is 10.2. The van der Waals surface area contributed by atoms with Crippen LogP contribution in [-0.2, 0) is 14.3 Å². The van der Waals surface area contributed by atoms with E-state index in [0.29, 0.717) is 12.0 Å². The van der Waals surface area contributed by atoms with E-state index in [-0.39, 0.29) is 5.57 Å². The zero-order chi connectivity index (χ0) is 14.0. The minimum absolute atomic E-state index is 0.285. The fourth-order valence-corrected chi connectivity index (χ4v) is 2.62. The van der Waals surface area contributed by atoms with Gasteiger partial charge in [0.25, 0.3) is 0 Å². The molecular weight excluding hydrogens is 244 g/mol. The van der Waals surface area contributed by atoms with Crippen molar-refractivity contribution in [3.8, 4) is 0 Å². The third-order valence-corrected chi connectivity index (χ3v) is 3.68. The monoisotopic (exact) mass is 262 g/mol. The van der Waals surface area contributed by atoms with Gasteiger partial charge in [-0.05, 0) is 25.3 Å². The Morgan fingerprint density at radius 2 is 2.26 bits per heavy atom. The smallest absolute Gasteiger partial charge is 0.334 e. The van der Waals surface area contributed by atoms with Crippen LogP contribution < -0.4 is 0 Å². The Hall–Kier alpha value is -1.68. The van der Waals surface area contributed by atoms with Gasteiger partial charge < -0.3 is 9.84 Å². The van der Waals surface area contributed by atoms with Crippen molar-refractivity contribution in [2.24, 2.45) is 5.92 Å². The van der Waals surface area contributed by atoms with E-state index < -0.39 is 24.1 Å². The molecule has 0 aromatic rings. The average molecular weight is 262 g/mol. The molecule has 0 saturated carbocycles. The normalized spacial score (nSPS) is 37.5. The fraction of sp³-hybridized carbons (Fsp3) is 0.467. The van der Waals surface area contributed by atoms with Crippen molar-refractivity contribution in [2.45, 2.75) is 38.4 Å². The molecule has 2 aliphatic rings. The van der Waals surface area contributed by atoms with Crippen LogP contribution in [-0.4, -0.2) is 29.6 Å². The lowest BCUT2D eigenvalue weighted by atomic mass is 9.86. The Balaban J connectivity index is 2.35. The summed E-state index contributed by atoms with van der Waals surface area (Å²) in [6.07, 6.45) is 4.98. The molecule has 1 fully saturated rings. The Morgan fingerprint density at radius 3 is 2.95 bits per heavy atom. The topological polar surface area (TPSA) is 63.6 Å². The van der Waals surface area contributed by atoms with Crippen molar-refractivity contribution < 1.29 is 19.4 Å². The van der Waals surface area contributed by atoms with Crippen LogP contribution in [0.5, 0.6) is 0 Å². The molecule has 1 saturated heterocycles. The number of fused-ring (bicyclic) bond motifs is 1. The van der Waals surface area contributed by atoms with Gasteiger partial charge in [-0.3, -0.25) is 4.79 Å². The number of hydrogen-bond donors (Lipinski definition) is 1. The molecule has 1 aliphatic heterocycles. The minimum Gasteiger partial charge on any atom is -0.458 e. The summed E-state index contributed by atoms with van der Waals surface area (Å²) in [5.74, 6) is -0.950. The van der Waals surface area contributed by atoms with Gasteiger partial charge >= 0.3 is 5.97 Å². The zero-order valence-electron chi connectivity index (χ0n) is 11.0. The number of carbonyl (C=O) groups excluding carboxylic acids is 2. The van der Waals surface area contributed by atoms with Crippen LogP contribution in [0.4, 0.5) is 0 Å². The summed E-state index contributed by atoms with van der Waals surface area (Å²) in [7, 11) is 0. The van der Waals surface area contributed by atoms with E-state index in [1.54, 1.807) is 6.08 Å². The molecule has 0 radical (unpaired) electrons. The number of aldehydes is 1. The fourth-order valence-electron chi connectivity index (χ4n) is 2.62. The van der Waals surface area contributed by atoms with Crippen molar-refractivity contribution >= 4 is 12.3 Å². The van der Waals surface area contributed by atoms with E-state index in [0.717, 1.165) is 24.7 Å². The molecule has 4 nitrogen and oxygen atoms in total. The van der Waals surface area contributed by atoms with Crippen molar-refractivity contribution in [3.05, 3.63) is 35.5 Å². The number of esters is 1. The SMILES string of the molecule is C=C1C(=O)OC2C/C(C=O)=C\CC/C(C)=C/C(O)C12. The molecule has 1 heterocycles. The highest BCUT2D eigenvalue weighted by Crippen LogP contribution is 2.34. The lowest BCUT2D eigenvalue weighted by Gasteiger charge is -2.22. The number of aliphatic hydroxyl groups excluding tert-OH is 1. The molecule has 3 unspecified atom stereocenters. The van der Waals surface area contributed by atoms with Gasteiger partial charge in [0.2, 0.25) is 0 Å². The first kappa shape index (κ1) is 13.7. The maximum absolute atomic E-state index is 11.6. The average Bonchev–Trinajstić information content (AvgIpc) is 2.63. The summed E-state index contributed by atoms with van der Waals surface area (Å²) >= 11 is 0. The molecule has 0 bridgehead atoms. The second-order valence-corrected chi connectivity index (χ2v) is 5.14. The van der Waals surface area contributed by atoms with Gasteiger partial charge in [0.05, 0.1) is 12.0 Å². The quantitative estimate of drug-likeness (QED) is 0.338. The van der Waals surface area contributed by atoms with Crippen LogP contribution >= 0.6 is 0 Å². The summed E-state index contributed by atoms with van der Waals surface area (Å²) in [6.45, 7) is 5.63. The largest absolute Gasteiger partial charge is 0.458 e. The van der Waals surface area contributed by atoms with E-state index in [1.165, 1.54) is 0 Å². The Bertz CT molecular complexity index is 473. The predicted molar refractivity (Wildman–Crippen MR) is 70.3 cm³/mol. The molecule has 0 amide bonds. The van der Waals surface area contributed by atoms with Crippen molar-refractivity contribution in [1.29, 1.82) is 0 Å². The highest BCUT2D eigenvalue weighted by atomic mass is 16.6. The molecule has 4 heteroatoms. The molecule has 1 N–H and O–H groups in total. The number of carbonyl (C=O) groups is 2. The number of ether oxygens (including phenoxy) is 1. The summed E-state index contributed by atoms with van der Waals surface area (Å²) in [5.41, 5.74) is 1.92. The predicted octanol–water partition coefficient (Wildman–Crippen LogP) is 1.70. The van der Waals surface area contributed by atoms with Gasteiger partial charge in [0, 0.05) is 12.0 Å². The first-order chi connectivity index (χ1) is 9.02. The van der Waals surface area contributed by atoms with E-state index >= 15 is 0 Å². The summed E-state index contributed by atoms with van der Waals surface area (Å²) in [6, 6.07) is 0. The minimum atomic E-state index is -0.796. The standard InChI is InChI=1S/C15H18O4/c1-9-4-3-5-11(8-16)7-13-14(12(17)6-9)10(2)15(18)19-13/h5-6,8,12-14,17H,2-4,7H2,1H3/b9-6+,11-5+. The van der Waals surface area contributed by atoms with Crippen LogP contribution in [0.2, 0.25) is 0 Å². The maximum Gasteiger partial charge on any atom is 0.334 e. The number of rotatable bonds is 1. The second kappa shape index (κ2) is 5.53. The molecule has 0 aromatic carbocycles. The van der Waals surface area contributed by atoms with Gasteiger partial charge in [0.15, 0.2) is 0 Å². The molecule has 3 atom stereocenters. The summed E-state index contributed by atoms with van der Waals surface area (Å²) < 4.78 is 5.22. The number of hydrogen-bond acceptors (Lipinski definition) is 4. The van der Waals surface area contributed by atoms with Crippen LogP contribution in [0, 0.1) is 5.92 Å². The first-order valence-corrected chi connectivity index (χ1v) is 6.42. The molecule has 102 valence electrons. The van der Waals surface area contributed by atoms with Gasteiger partial charge in [0.1, 0.15) is 12.4 Å². The Kier molecular flexibility index (Phi) is 4.00. The Labute approximate surface area is 112 Å². The summed E-state index contributed by atoms with van der Waals surface area (Å²) in [4.78, 5) is 22.6. The van der Waals surface area contributed by atoms with E-state index in [2.05, 4.69) is 6.58 Å². The number of allylic oxidation sites excluding steroid dienone is 2. The van der Waals surface area contributed by atoms with Crippen molar-refractivity contribution in [2.75, 3.05) is 0 Å². The molecule has 0 spiro atoms. The lowest BCUT2D eigenvalue weighted by Crippen LogP contribution is -2.29. The molecule has 1 aliphatic carbocycles. The van der Waals surface area contributed by atoms with Crippen LogP contribution in [0.15, 0.2) is 35.5 Å². The maximum atomic E-state index is 11.6. The van der Waals surface area contributed by atoms with Crippen molar-refractivity contribution in [3.63, 3.8) is 0 Å². The van der Waals surface area contributed by atoms with Gasteiger partial charge in [-0.1, -0.05) is 24.3 Å². The van der Waals surface area contributed by atoms with Crippen LogP contribution in [0.25, 0.3) is 0 Å². The molecular formula is C15H18O4. The van der Waals surface area contributed by atoms with Gasteiger partial charge in [-0.2, -0.15) is 0 Å². The lowest BCUT2D eigenvalue weighted by molar-refractivity contribution is -0.139. The van der Waals surface area contributed by atoms with Crippen LogP contribution in [0.3, 0.4) is 0 Å². The zero-order valence-corrected chi connectivity index (χ0v) is 11.0. The second-order valence-electron chi connectivity index (χ2n) is 5.14. The molecule has 2 rings (SSSR count). The highest BCUT2D eigenvalue weighted by Gasteiger charge is 2.42. The third kappa shape index (κ3) is 2.84. The van der Waals surface area contributed by atoms with Gasteiger partial charge in [-0.15, -0.1) is 0 Å². The van der Waals surface area contributed by atoms with Gasteiger partial charge in [-0.25, -0.2) is 4.79 Å². The van der Waals surface area contributed by atoms with E-state index in [1.807, 2.05) is 13.0 Å². The van der Waals surface area contributed by atoms with E-state index in [4.69, 9.17) is 4.74 Å². The van der Waals surface area contributed by atoms with Crippen molar-refractivity contribution in [1.82, 2.24) is 0 Å². The Morgan fingerprint density at radius 1 is 1.53 bits per heavy atom. The number of aliphatic hydroxyl groups is 1. The van der Waals surface area contributed by atoms with E-state index in [9.17, 15) is 14.7 Å². The molecule has 0 aromatic heterocycles. The molecule has 19 heavy (non-hydrogen) atoms. The third-order valence-electron chi connectivity index (χ3n) is 3.68.